The van der Waals surface area contributed by atoms with Gasteiger partial charge in [-0.2, -0.15) is 0 Å². The molecule has 0 fully saturated rings. The van der Waals surface area contributed by atoms with E-state index in [1.807, 2.05) is 36.4 Å². The van der Waals surface area contributed by atoms with Crippen LogP contribution in [-0.4, -0.2) is 23.5 Å². The molecule has 144 valence electrons. The number of carbonyl (C=O) groups is 2. The van der Waals surface area contributed by atoms with Crippen LogP contribution in [0.1, 0.15) is 10.4 Å². The fourth-order valence-electron chi connectivity index (χ4n) is 2.87. The number of para-hydroxylation sites is 1. The summed E-state index contributed by atoms with van der Waals surface area (Å²) < 4.78 is 11.7. The van der Waals surface area contributed by atoms with Gasteiger partial charge in [0.1, 0.15) is 5.69 Å². The van der Waals surface area contributed by atoms with Crippen molar-refractivity contribution >= 4 is 51.1 Å². The summed E-state index contributed by atoms with van der Waals surface area (Å²) in [7, 11) is 0. The number of hydrogen-bond acceptors (Lipinski definition) is 5. The van der Waals surface area contributed by atoms with Gasteiger partial charge < -0.3 is 14.5 Å². The lowest BCUT2D eigenvalue weighted by molar-refractivity contribution is -0.119. The van der Waals surface area contributed by atoms with E-state index in [1.165, 1.54) is 0 Å². The summed E-state index contributed by atoms with van der Waals surface area (Å²) in [6, 6.07) is 19.7. The zero-order valence-electron chi connectivity index (χ0n) is 15.1. The molecule has 0 spiro atoms. The number of amides is 1. The number of hydrogen-bond donors (Lipinski definition) is 1. The van der Waals surface area contributed by atoms with Gasteiger partial charge in [-0.15, -0.1) is 0 Å². The van der Waals surface area contributed by atoms with Gasteiger partial charge in [-0.05, 0) is 65.1 Å². The Kier molecular flexibility index (Phi) is 5.57. The van der Waals surface area contributed by atoms with Gasteiger partial charge in [-0.3, -0.25) is 4.79 Å². The third-order valence-corrected chi connectivity index (χ3v) is 4.82. The quantitative estimate of drug-likeness (QED) is 0.313. The number of nitrogens with zero attached hydrogens (tertiary/aromatic N) is 1. The molecule has 0 radical (unpaired) electrons. The molecule has 6 nitrogen and oxygen atoms in total. The predicted octanol–water partition coefficient (Wildman–Crippen LogP) is 4.89. The van der Waals surface area contributed by atoms with Crippen LogP contribution in [0.25, 0.3) is 22.4 Å². The molecule has 4 aromatic rings. The van der Waals surface area contributed by atoms with Crippen molar-refractivity contribution in [3.8, 4) is 11.5 Å². The summed E-state index contributed by atoms with van der Waals surface area (Å²) in [6.45, 7) is -0.392. The largest absolute Gasteiger partial charge is 0.463 e. The van der Waals surface area contributed by atoms with Gasteiger partial charge in [0.15, 0.2) is 12.4 Å². The van der Waals surface area contributed by atoms with Gasteiger partial charge >= 0.3 is 5.97 Å². The summed E-state index contributed by atoms with van der Waals surface area (Å²) in [4.78, 5) is 29.4. The van der Waals surface area contributed by atoms with Crippen molar-refractivity contribution in [1.82, 2.24) is 4.98 Å². The molecular weight excluding hydrogens is 483 g/mol. The zero-order valence-corrected chi connectivity index (χ0v) is 17.3. The maximum atomic E-state index is 12.7. The highest BCUT2D eigenvalue weighted by molar-refractivity contribution is 14.1. The number of furan rings is 1. The van der Waals surface area contributed by atoms with Crippen LogP contribution in [0.3, 0.4) is 0 Å². The minimum atomic E-state index is -0.603. The Bertz CT molecular complexity index is 1190. The van der Waals surface area contributed by atoms with Gasteiger partial charge in [-0.25, -0.2) is 9.78 Å². The molecule has 0 atom stereocenters. The number of pyridine rings is 1. The summed E-state index contributed by atoms with van der Waals surface area (Å²) in [5.41, 5.74) is 2.12. The van der Waals surface area contributed by atoms with Crippen molar-refractivity contribution < 1.29 is 18.7 Å². The Morgan fingerprint density at radius 1 is 1.03 bits per heavy atom. The molecule has 0 aliphatic rings. The Morgan fingerprint density at radius 2 is 1.90 bits per heavy atom. The molecule has 1 amide bonds. The van der Waals surface area contributed by atoms with Crippen LogP contribution in [0.5, 0.6) is 0 Å². The molecule has 0 saturated heterocycles. The molecule has 29 heavy (non-hydrogen) atoms. The minimum absolute atomic E-state index is 0.323. The van der Waals surface area contributed by atoms with Crippen LogP contribution >= 0.6 is 22.6 Å². The molecule has 0 aliphatic heterocycles. The molecule has 2 aromatic heterocycles. The van der Waals surface area contributed by atoms with Crippen LogP contribution in [0.4, 0.5) is 5.69 Å². The van der Waals surface area contributed by atoms with Crippen molar-refractivity contribution in [2.24, 2.45) is 0 Å². The van der Waals surface area contributed by atoms with E-state index >= 15 is 0 Å². The number of halogens is 1. The van der Waals surface area contributed by atoms with Crippen LogP contribution in [-0.2, 0) is 9.53 Å². The molecule has 0 aliphatic carbocycles. The fourth-order valence-corrected chi connectivity index (χ4v) is 3.41. The topological polar surface area (TPSA) is 81.4 Å². The highest BCUT2D eigenvalue weighted by Gasteiger charge is 2.17. The number of carbonyl (C=O) groups excluding carboxylic acids is 2. The zero-order chi connectivity index (χ0) is 20.2. The molecule has 1 N–H and O–H groups in total. The van der Waals surface area contributed by atoms with E-state index in [2.05, 4.69) is 32.9 Å². The van der Waals surface area contributed by atoms with E-state index < -0.39 is 18.5 Å². The molecule has 0 bridgehead atoms. The van der Waals surface area contributed by atoms with Crippen molar-refractivity contribution in [1.29, 1.82) is 0 Å². The Labute approximate surface area is 180 Å². The summed E-state index contributed by atoms with van der Waals surface area (Å²) in [5, 5.41) is 3.36. The monoisotopic (exact) mass is 498 g/mol. The summed E-state index contributed by atoms with van der Waals surface area (Å²) in [6.07, 6.45) is 1.54. The maximum Gasteiger partial charge on any atom is 0.339 e. The number of esters is 1. The summed E-state index contributed by atoms with van der Waals surface area (Å²) in [5.74, 6) is -0.472. The van der Waals surface area contributed by atoms with Gasteiger partial charge in [-0.1, -0.05) is 24.3 Å². The van der Waals surface area contributed by atoms with Crippen molar-refractivity contribution in [2.45, 2.75) is 0 Å². The SMILES string of the molecule is O=C(COC(=O)c1cc(-c2ccco2)nc2ccccc12)Nc1cccc(I)c1. The van der Waals surface area contributed by atoms with Gasteiger partial charge in [0.25, 0.3) is 5.91 Å². The van der Waals surface area contributed by atoms with E-state index in [9.17, 15) is 9.59 Å². The van der Waals surface area contributed by atoms with Gasteiger partial charge in [0.05, 0.1) is 17.3 Å². The van der Waals surface area contributed by atoms with Crippen molar-refractivity contribution in [2.75, 3.05) is 11.9 Å². The van der Waals surface area contributed by atoms with E-state index in [4.69, 9.17) is 9.15 Å². The Balaban J connectivity index is 1.54. The number of fused-ring (bicyclic) bond motifs is 1. The lowest BCUT2D eigenvalue weighted by Crippen LogP contribution is -2.21. The second-order valence-electron chi connectivity index (χ2n) is 6.18. The van der Waals surface area contributed by atoms with E-state index in [1.54, 1.807) is 36.6 Å². The smallest absolute Gasteiger partial charge is 0.339 e. The van der Waals surface area contributed by atoms with Crippen LogP contribution < -0.4 is 5.32 Å². The molecule has 0 unspecified atom stereocenters. The van der Waals surface area contributed by atoms with Gasteiger partial charge in [0, 0.05) is 14.6 Å². The fraction of sp³-hybridized carbons (Fsp3) is 0.0455. The highest BCUT2D eigenvalue weighted by Crippen LogP contribution is 2.25. The normalized spacial score (nSPS) is 10.7. The van der Waals surface area contributed by atoms with Gasteiger partial charge in [0.2, 0.25) is 0 Å². The first-order valence-corrected chi connectivity index (χ1v) is 9.84. The average molecular weight is 498 g/mol. The molecular formula is C22H15IN2O4. The maximum absolute atomic E-state index is 12.7. The second-order valence-corrected chi connectivity index (χ2v) is 7.43. The van der Waals surface area contributed by atoms with Crippen molar-refractivity contribution in [3.63, 3.8) is 0 Å². The number of benzene rings is 2. The Hall–Kier alpha value is -3.20. The average Bonchev–Trinajstić information content (AvgIpc) is 3.26. The number of rotatable bonds is 5. The number of anilines is 1. The van der Waals surface area contributed by atoms with Crippen molar-refractivity contribution in [3.05, 3.63) is 82.1 Å². The first kappa shape index (κ1) is 19.1. The standard InChI is InChI=1S/C22H15IN2O4/c23-14-5-3-6-15(11-14)24-21(26)13-29-22(27)17-12-19(20-9-4-10-28-20)25-18-8-2-1-7-16(17)18/h1-12H,13H2,(H,24,26). The number of ether oxygens (including phenoxy) is 1. The second kappa shape index (κ2) is 8.44. The molecule has 7 heteroatoms. The highest BCUT2D eigenvalue weighted by atomic mass is 127. The first-order valence-electron chi connectivity index (χ1n) is 8.76. The molecule has 2 aromatic carbocycles. The third kappa shape index (κ3) is 4.45. The van der Waals surface area contributed by atoms with E-state index in [0.717, 1.165) is 3.57 Å². The number of aromatic nitrogens is 1. The minimum Gasteiger partial charge on any atom is -0.463 e. The molecule has 2 heterocycles. The van der Waals surface area contributed by atoms with E-state index in [-0.39, 0.29) is 0 Å². The molecule has 4 rings (SSSR count). The lowest BCUT2D eigenvalue weighted by atomic mass is 10.1. The Morgan fingerprint density at radius 3 is 2.69 bits per heavy atom. The first-order chi connectivity index (χ1) is 14.1. The molecule has 0 saturated carbocycles. The van der Waals surface area contributed by atoms with Crippen LogP contribution in [0, 0.1) is 3.57 Å². The number of nitrogens with one attached hydrogen (secondary N) is 1. The predicted molar refractivity (Wildman–Crippen MR) is 118 cm³/mol. The van der Waals surface area contributed by atoms with Crippen LogP contribution in [0.2, 0.25) is 0 Å². The third-order valence-electron chi connectivity index (χ3n) is 4.15. The van der Waals surface area contributed by atoms with Crippen LogP contribution in [0.15, 0.2) is 77.4 Å². The van der Waals surface area contributed by atoms with E-state index in [0.29, 0.717) is 33.6 Å². The lowest BCUT2D eigenvalue weighted by Gasteiger charge is -2.10. The summed E-state index contributed by atoms with van der Waals surface area (Å²) >= 11 is 2.16.